The lowest BCUT2D eigenvalue weighted by Gasteiger charge is -2.42. The molecule has 49 heavy (non-hydrogen) atoms. The molecule has 3 heterocycles. The van der Waals surface area contributed by atoms with E-state index in [1.807, 2.05) is 0 Å². The van der Waals surface area contributed by atoms with Crippen LogP contribution >= 0.6 is 0 Å². The molecule has 0 saturated carbocycles. The zero-order chi connectivity index (χ0) is 33.0. The number of rotatable bonds is 5. The highest BCUT2D eigenvalue weighted by Gasteiger charge is 2.38. The van der Waals surface area contributed by atoms with E-state index in [-0.39, 0.29) is 5.41 Å². The minimum Gasteiger partial charge on any atom is -0.307 e. The number of anilines is 3. The van der Waals surface area contributed by atoms with Gasteiger partial charge in [-0.25, -0.2) is 4.98 Å². The van der Waals surface area contributed by atoms with Crippen LogP contribution in [0.5, 0.6) is 0 Å². The van der Waals surface area contributed by atoms with Crippen LogP contribution in [0.3, 0.4) is 0 Å². The van der Waals surface area contributed by atoms with Crippen molar-refractivity contribution in [2.45, 2.75) is 19.3 Å². The van der Waals surface area contributed by atoms with Crippen LogP contribution in [-0.2, 0) is 5.41 Å². The van der Waals surface area contributed by atoms with Crippen molar-refractivity contribution < 1.29 is 0 Å². The van der Waals surface area contributed by atoms with Crippen molar-refractivity contribution in [2.75, 3.05) is 4.90 Å². The van der Waals surface area contributed by atoms with Gasteiger partial charge in [-0.1, -0.05) is 159 Å². The standard InChI is InChI=1S/C46H35N3/c1-46(2)37-25-13-16-28-42(37)49(43-29-17-14-26-38(43)46)45-36-24-12-15-27-41(36)48(44(45)34-22-10-5-11-23-34)35-30-39(32-18-6-3-7-19-32)47-40(31-35)33-20-8-4-9-21-33/h3-31H,1-2H3. The lowest BCUT2D eigenvalue weighted by atomic mass is 9.73. The SMILES string of the molecule is CC1(C)c2ccccc2N(c2c(-c3ccccc3)n(-c3cc(-c4ccccc4)nc(-c4ccccc4)c3)c3ccccc23)c2ccccc21. The van der Waals surface area contributed by atoms with Crippen molar-refractivity contribution in [3.63, 3.8) is 0 Å². The molecular formula is C46H35N3. The maximum absolute atomic E-state index is 5.23. The Bertz CT molecular complexity index is 2350. The fraction of sp³-hybridized carbons (Fsp3) is 0.0652. The lowest BCUT2D eigenvalue weighted by molar-refractivity contribution is 0.632. The van der Waals surface area contributed by atoms with E-state index in [0.717, 1.165) is 50.7 Å². The summed E-state index contributed by atoms with van der Waals surface area (Å²) >= 11 is 0. The molecule has 1 aliphatic rings. The highest BCUT2D eigenvalue weighted by molar-refractivity contribution is 6.09. The molecule has 0 saturated heterocycles. The van der Waals surface area contributed by atoms with Crippen molar-refractivity contribution in [1.29, 1.82) is 0 Å². The first-order valence-corrected chi connectivity index (χ1v) is 16.9. The average molecular weight is 630 g/mol. The number of nitrogens with zero attached hydrogens (tertiary/aromatic N) is 3. The Kier molecular flexibility index (Phi) is 6.80. The Hall–Kier alpha value is -6.19. The summed E-state index contributed by atoms with van der Waals surface area (Å²) in [4.78, 5) is 7.74. The van der Waals surface area contributed by atoms with E-state index in [9.17, 15) is 0 Å². The zero-order valence-electron chi connectivity index (χ0n) is 27.6. The van der Waals surface area contributed by atoms with Crippen molar-refractivity contribution in [2.24, 2.45) is 0 Å². The molecule has 0 fully saturated rings. The molecule has 0 unspecified atom stereocenters. The molecule has 0 aliphatic carbocycles. The van der Waals surface area contributed by atoms with Crippen LogP contribution in [0.15, 0.2) is 176 Å². The number of benzene rings is 6. The zero-order valence-corrected chi connectivity index (χ0v) is 27.6. The Balaban J connectivity index is 1.42. The molecule has 0 amide bonds. The Labute approximate surface area is 287 Å². The second-order valence-electron chi connectivity index (χ2n) is 13.2. The van der Waals surface area contributed by atoms with Crippen LogP contribution in [0.4, 0.5) is 17.1 Å². The van der Waals surface area contributed by atoms with Gasteiger partial charge in [0.2, 0.25) is 0 Å². The summed E-state index contributed by atoms with van der Waals surface area (Å²) in [6.45, 7) is 4.69. The van der Waals surface area contributed by atoms with E-state index in [1.54, 1.807) is 0 Å². The van der Waals surface area contributed by atoms with E-state index >= 15 is 0 Å². The predicted molar refractivity (Wildman–Crippen MR) is 204 cm³/mol. The molecule has 9 rings (SSSR count). The summed E-state index contributed by atoms with van der Waals surface area (Å²) in [5.41, 5.74) is 14.6. The van der Waals surface area contributed by atoms with Crippen molar-refractivity contribution in [3.05, 3.63) is 187 Å². The maximum atomic E-state index is 5.23. The summed E-state index contributed by atoms with van der Waals surface area (Å²) in [6.07, 6.45) is 0. The number of fused-ring (bicyclic) bond motifs is 3. The van der Waals surface area contributed by atoms with Gasteiger partial charge in [-0.3, -0.25) is 0 Å². The molecule has 3 nitrogen and oxygen atoms in total. The fourth-order valence-corrected chi connectivity index (χ4v) is 7.65. The predicted octanol–water partition coefficient (Wildman–Crippen LogP) is 12.1. The maximum Gasteiger partial charge on any atom is 0.0803 e. The van der Waals surface area contributed by atoms with Gasteiger partial charge in [0.05, 0.1) is 45.3 Å². The van der Waals surface area contributed by atoms with Gasteiger partial charge in [0.25, 0.3) is 0 Å². The van der Waals surface area contributed by atoms with Gasteiger partial charge in [0, 0.05) is 27.5 Å². The molecular weight excluding hydrogens is 595 g/mol. The third kappa shape index (κ3) is 4.69. The van der Waals surface area contributed by atoms with E-state index in [4.69, 9.17) is 4.98 Å². The molecule has 0 atom stereocenters. The highest BCUT2D eigenvalue weighted by atomic mass is 15.2. The first-order valence-electron chi connectivity index (χ1n) is 16.9. The molecule has 0 N–H and O–H groups in total. The molecule has 0 bridgehead atoms. The topological polar surface area (TPSA) is 21.1 Å². The van der Waals surface area contributed by atoms with Crippen molar-refractivity contribution in [1.82, 2.24) is 9.55 Å². The number of para-hydroxylation sites is 3. The largest absolute Gasteiger partial charge is 0.307 e. The lowest BCUT2D eigenvalue weighted by Crippen LogP contribution is -2.30. The quantitative estimate of drug-likeness (QED) is 0.189. The second-order valence-corrected chi connectivity index (χ2v) is 13.2. The molecule has 2 aromatic heterocycles. The molecule has 0 radical (unpaired) electrons. The number of hydrogen-bond donors (Lipinski definition) is 0. The van der Waals surface area contributed by atoms with Gasteiger partial charge in [-0.2, -0.15) is 0 Å². The van der Waals surface area contributed by atoms with Gasteiger partial charge in [-0.15, -0.1) is 0 Å². The molecule has 1 aliphatic heterocycles. The van der Waals surface area contributed by atoms with Crippen LogP contribution < -0.4 is 4.90 Å². The van der Waals surface area contributed by atoms with Gasteiger partial charge < -0.3 is 9.47 Å². The monoisotopic (exact) mass is 629 g/mol. The summed E-state index contributed by atoms with van der Waals surface area (Å²) in [7, 11) is 0. The molecule has 234 valence electrons. The van der Waals surface area contributed by atoms with Gasteiger partial charge >= 0.3 is 0 Å². The second kappa shape index (κ2) is 11.5. The van der Waals surface area contributed by atoms with E-state index < -0.39 is 0 Å². The minimum absolute atomic E-state index is 0.158. The third-order valence-electron chi connectivity index (χ3n) is 9.96. The Morgan fingerprint density at radius 3 is 1.47 bits per heavy atom. The summed E-state index contributed by atoms with van der Waals surface area (Å²) in [6, 6.07) is 63.0. The van der Waals surface area contributed by atoms with Crippen LogP contribution in [0.25, 0.3) is 50.4 Å². The summed E-state index contributed by atoms with van der Waals surface area (Å²) in [5, 5.41) is 1.19. The smallest absolute Gasteiger partial charge is 0.0803 e. The highest BCUT2D eigenvalue weighted by Crippen LogP contribution is 2.56. The first kappa shape index (κ1) is 29.0. The normalized spacial score (nSPS) is 13.2. The number of aromatic nitrogens is 2. The van der Waals surface area contributed by atoms with Crippen LogP contribution in [-0.4, -0.2) is 9.55 Å². The molecule has 3 heteroatoms. The van der Waals surface area contributed by atoms with Crippen molar-refractivity contribution in [3.8, 4) is 39.5 Å². The van der Waals surface area contributed by atoms with Gasteiger partial charge in [0.15, 0.2) is 0 Å². The average Bonchev–Trinajstić information content (AvgIpc) is 3.51. The third-order valence-corrected chi connectivity index (χ3v) is 9.96. The Morgan fingerprint density at radius 1 is 0.469 bits per heavy atom. The van der Waals surface area contributed by atoms with Gasteiger partial charge in [0.1, 0.15) is 0 Å². The molecule has 0 spiro atoms. The van der Waals surface area contributed by atoms with Crippen LogP contribution in [0.2, 0.25) is 0 Å². The van der Waals surface area contributed by atoms with E-state index in [1.165, 1.54) is 27.9 Å². The fourth-order valence-electron chi connectivity index (χ4n) is 7.65. The van der Waals surface area contributed by atoms with E-state index in [2.05, 4.69) is 199 Å². The van der Waals surface area contributed by atoms with Gasteiger partial charge in [-0.05, 0) is 41.5 Å². The van der Waals surface area contributed by atoms with E-state index in [0.29, 0.717) is 0 Å². The number of pyridine rings is 1. The summed E-state index contributed by atoms with van der Waals surface area (Å²) < 4.78 is 2.45. The molecule has 6 aromatic carbocycles. The molecule has 8 aromatic rings. The number of hydrogen-bond acceptors (Lipinski definition) is 2. The first-order chi connectivity index (χ1) is 24.1. The van der Waals surface area contributed by atoms with Crippen molar-refractivity contribution >= 4 is 28.0 Å². The van der Waals surface area contributed by atoms with Crippen LogP contribution in [0.1, 0.15) is 25.0 Å². The summed E-state index contributed by atoms with van der Waals surface area (Å²) in [5.74, 6) is 0. The minimum atomic E-state index is -0.158. The van der Waals surface area contributed by atoms with Crippen LogP contribution in [0, 0.1) is 0 Å². The Morgan fingerprint density at radius 2 is 0.918 bits per heavy atom.